The normalized spacial score (nSPS) is 15.1. The predicted molar refractivity (Wildman–Crippen MR) is 317 cm³/mol. The molecule has 74 heavy (non-hydrogen) atoms. The van der Waals surface area contributed by atoms with Crippen molar-refractivity contribution < 1.29 is 81.9 Å². The molecule has 4 aliphatic rings. The second kappa shape index (κ2) is 33.6. The van der Waals surface area contributed by atoms with Crippen LogP contribution in [0.4, 0.5) is 11.4 Å². The molecule has 10 rings (SSSR count). The molecular formula is C65H88N2O4P2Rb+. The van der Waals surface area contributed by atoms with Gasteiger partial charge in [0, 0.05) is 74.6 Å². The Morgan fingerprint density at radius 2 is 0.635 bits per heavy atom. The van der Waals surface area contributed by atoms with E-state index < -0.39 is 14.1 Å². The van der Waals surface area contributed by atoms with Crippen molar-refractivity contribution in [3.05, 3.63) is 185 Å². The summed E-state index contributed by atoms with van der Waals surface area (Å²) in [5, 5.41) is 11.4. The molecule has 0 unspecified atom stereocenters. The third-order valence-corrected chi connectivity index (χ3v) is 21.7. The van der Waals surface area contributed by atoms with Crippen LogP contribution in [0.5, 0.6) is 0 Å². The maximum Gasteiger partial charge on any atom is 1.00 e. The summed E-state index contributed by atoms with van der Waals surface area (Å²) < 4.78 is 24.3. The van der Waals surface area contributed by atoms with E-state index in [0.29, 0.717) is 23.7 Å². The first-order valence-corrected chi connectivity index (χ1v) is 31.2. The van der Waals surface area contributed by atoms with E-state index in [2.05, 4.69) is 223 Å². The van der Waals surface area contributed by atoms with Crippen LogP contribution in [0.3, 0.4) is 0 Å². The molecule has 0 aromatic heterocycles. The van der Waals surface area contributed by atoms with Crippen molar-refractivity contribution in [2.45, 2.75) is 130 Å². The van der Waals surface area contributed by atoms with E-state index in [1.165, 1.54) is 101 Å². The maximum absolute atomic E-state index is 6.31. The van der Waals surface area contributed by atoms with Gasteiger partial charge in [-0.25, -0.2) is 4.74 Å². The summed E-state index contributed by atoms with van der Waals surface area (Å²) in [6, 6.07) is 58.4. The Labute approximate surface area is 497 Å². The molecule has 4 saturated heterocycles. The van der Waals surface area contributed by atoms with E-state index in [1.54, 1.807) is 0 Å². The van der Waals surface area contributed by atoms with Crippen molar-refractivity contribution in [1.29, 1.82) is 0 Å². The Bertz CT molecular complexity index is 2380. The number of para-hydroxylation sites is 1. The van der Waals surface area contributed by atoms with Crippen molar-refractivity contribution >= 4 is 52.2 Å². The molecule has 4 fully saturated rings. The molecule has 6 aromatic rings. The zero-order chi connectivity index (χ0) is 51.7. The average Bonchev–Trinajstić information content (AvgIpc) is 4.30. The number of ether oxygens (including phenoxy) is 4. The molecule has 0 spiro atoms. The SMILES string of the molecule is C1CCOC1.C1CCOC1.C1CCOC1.C1CCOC1.CC(C)c1cccc(C(C)C)c1[N-]P(=CP(=[NH+]c1c(C(C)C)cccc1C(C)C)(c1ccccc1)c1ccccc1)(c1ccccc1)c1ccccc1.[Rb+]. The minimum atomic E-state index is -2.74. The third kappa shape index (κ3) is 18.2. The molecule has 0 radical (unpaired) electrons. The van der Waals surface area contributed by atoms with Gasteiger partial charge in [0.25, 0.3) is 0 Å². The van der Waals surface area contributed by atoms with Crippen LogP contribution in [-0.4, -0.2) is 58.4 Å². The third-order valence-electron chi connectivity index (χ3n) is 13.5. The van der Waals surface area contributed by atoms with Crippen molar-refractivity contribution in [3.8, 4) is 0 Å². The Balaban J connectivity index is 0.000000397. The van der Waals surface area contributed by atoms with Crippen molar-refractivity contribution in [2.24, 2.45) is 0 Å². The Hall–Kier alpha value is -2.70. The van der Waals surface area contributed by atoms with E-state index >= 15 is 0 Å². The molecule has 9 heteroatoms. The Morgan fingerprint density at radius 1 is 0.365 bits per heavy atom. The molecule has 4 heterocycles. The summed E-state index contributed by atoms with van der Waals surface area (Å²) >= 11 is 0. The van der Waals surface area contributed by atoms with Gasteiger partial charge < -0.3 is 24.0 Å². The maximum atomic E-state index is 6.31. The fourth-order valence-electron chi connectivity index (χ4n) is 9.43. The van der Waals surface area contributed by atoms with Gasteiger partial charge in [0.2, 0.25) is 5.69 Å². The first-order chi connectivity index (χ1) is 35.6. The minimum absolute atomic E-state index is 0. The summed E-state index contributed by atoms with van der Waals surface area (Å²) in [6.45, 7) is 26.5. The van der Waals surface area contributed by atoms with Crippen LogP contribution in [0, 0.1) is 0 Å². The molecule has 0 amide bonds. The van der Waals surface area contributed by atoms with Gasteiger partial charge >= 0.3 is 58.2 Å². The van der Waals surface area contributed by atoms with Crippen LogP contribution in [-0.2, 0) is 18.9 Å². The van der Waals surface area contributed by atoms with Crippen LogP contribution >= 0.6 is 14.1 Å². The standard InChI is InChI=1S/C49H55N2P2.4C4H8O.Rb/c1-36(2)44-31-21-32-45(37(3)4)48(44)50-52(40-23-13-9-14-24-40,41-25-15-10-16-26-41)35-53(42-27-17-11-18-28-42,43-29-19-12-20-30-43)51-49-46(38(5)6)33-22-34-47(49)39(7)8;4*1-2-4-5-3-1;/h9-39H,1-8H3;4*1-4H2;/q-1;;;;;+1/p+1. The summed E-state index contributed by atoms with van der Waals surface area (Å²) in [6.07, 6.45) is 10.2. The fraction of sp³-hybridized carbons (Fsp3) is 0.431. The van der Waals surface area contributed by atoms with Crippen LogP contribution in [0.15, 0.2) is 158 Å². The summed E-state index contributed by atoms with van der Waals surface area (Å²) in [5.41, 5.74) is 10.4. The van der Waals surface area contributed by atoms with Gasteiger partial charge in [-0.15, -0.1) is 12.7 Å². The van der Waals surface area contributed by atoms with Crippen molar-refractivity contribution in [3.63, 3.8) is 0 Å². The van der Waals surface area contributed by atoms with Crippen LogP contribution in [0.25, 0.3) is 5.09 Å². The molecule has 0 bridgehead atoms. The van der Waals surface area contributed by atoms with E-state index in [0.717, 1.165) is 58.5 Å². The molecule has 0 saturated carbocycles. The summed E-state index contributed by atoms with van der Waals surface area (Å²) in [7, 11) is -5.38. The van der Waals surface area contributed by atoms with Gasteiger partial charge in [0.15, 0.2) is 7.05 Å². The monoisotopic (exact) mass is 1110 g/mol. The number of benzene rings is 6. The van der Waals surface area contributed by atoms with Gasteiger partial charge in [0.1, 0.15) is 0 Å². The molecule has 392 valence electrons. The molecule has 6 aromatic carbocycles. The number of nitrogens with one attached hydrogen (secondary N) is 1. The average molecular weight is 1110 g/mol. The van der Waals surface area contributed by atoms with Gasteiger partial charge in [-0.2, -0.15) is 0 Å². The molecule has 0 atom stereocenters. The largest absolute Gasteiger partial charge is 1.00 e. The summed E-state index contributed by atoms with van der Waals surface area (Å²) in [5.74, 6) is 1.30. The minimum Gasteiger partial charge on any atom is -0.652 e. The van der Waals surface area contributed by atoms with Gasteiger partial charge in [-0.1, -0.05) is 200 Å². The van der Waals surface area contributed by atoms with Gasteiger partial charge in [-0.05, 0) is 115 Å². The van der Waals surface area contributed by atoms with Gasteiger partial charge in [-0.3, -0.25) is 0 Å². The van der Waals surface area contributed by atoms with Crippen LogP contribution in [0.2, 0.25) is 0 Å². The van der Waals surface area contributed by atoms with Crippen LogP contribution < -0.4 is 84.2 Å². The molecule has 0 aliphatic carbocycles. The number of hydrogen-bond acceptors (Lipinski definition) is 4. The summed E-state index contributed by atoms with van der Waals surface area (Å²) in [4.78, 5) is 0. The van der Waals surface area contributed by atoms with Crippen molar-refractivity contribution in [2.75, 3.05) is 52.9 Å². The van der Waals surface area contributed by atoms with E-state index in [9.17, 15) is 0 Å². The number of rotatable bonds is 12. The predicted octanol–water partition coefficient (Wildman–Crippen LogP) is 12.0. The quantitative estimate of drug-likeness (QED) is 0.124. The van der Waals surface area contributed by atoms with Gasteiger partial charge in [0.05, 0.1) is 0 Å². The first-order valence-electron chi connectivity index (χ1n) is 27.5. The Morgan fingerprint density at radius 3 is 0.892 bits per heavy atom. The van der Waals surface area contributed by atoms with E-state index in [4.69, 9.17) is 24.0 Å². The molecule has 4 aliphatic heterocycles. The van der Waals surface area contributed by atoms with Crippen LogP contribution in [0.1, 0.15) is 153 Å². The zero-order valence-corrected chi connectivity index (χ0v) is 53.4. The van der Waals surface area contributed by atoms with E-state index in [1.807, 2.05) is 0 Å². The second-order valence-corrected chi connectivity index (χ2v) is 26.8. The first kappa shape index (κ1) is 62.1. The smallest absolute Gasteiger partial charge is 0.652 e. The van der Waals surface area contributed by atoms with Crippen molar-refractivity contribution in [1.82, 2.24) is 0 Å². The molecular weight excluding hydrogens is 1020 g/mol. The number of nitrogens with zero attached hydrogens (tertiary/aromatic N) is 1. The zero-order valence-electron chi connectivity index (χ0n) is 46.7. The fourth-order valence-corrected chi connectivity index (χ4v) is 18.8. The number of hydrogen-bond donors (Lipinski definition) is 1. The van der Waals surface area contributed by atoms with E-state index in [-0.39, 0.29) is 58.2 Å². The second-order valence-electron chi connectivity index (χ2n) is 20.6. The Kier molecular flexibility index (Phi) is 28.2. The molecule has 6 nitrogen and oxygen atoms in total. The molecule has 1 N–H and O–H groups in total. The topological polar surface area (TPSA) is 65.0 Å².